The van der Waals surface area contributed by atoms with Crippen LogP contribution in [-0.2, 0) is 9.59 Å². The van der Waals surface area contributed by atoms with Crippen LogP contribution in [0.25, 0.3) is 0 Å². The van der Waals surface area contributed by atoms with Crippen molar-refractivity contribution < 1.29 is 14.3 Å². The van der Waals surface area contributed by atoms with Gasteiger partial charge in [0.2, 0.25) is 5.91 Å². The summed E-state index contributed by atoms with van der Waals surface area (Å²) in [7, 11) is 3.34. The van der Waals surface area contributed by atoms with Gasteiger partial charge in [0.1, 0.15) is 5.75 Å². The van der Waals surface area contributed by atoms with Gasteiger partial charge in [-0.15, -0.1) is 0 Å². The summed E-state index contributed by atoms with van der Waals surface area (Å²) >= 11 is 0. The van der Waals surface area contributed by atoms with Crippen molar-refractivity contribution in [3.05, 3.63) is 24.3 Å². The molecular formula is C13H17N3O3. The Morgan fingerprint density at radius 3 is 2.74 bits per heavy atom. The number of nitrogens with two attached hydrogens (primary N) is 1. The van der Waals surface area contributed by atoms with Crippen LogP contribution in [0.3, 0.4) is 0 Å². The number of nitrogens with zero attached hydrogens (tertiary/aromatic N) is 2. The SMILES string of the molecule is CN(C)C(=O)[C@@H]1CN(CC(N)=O)c2ccccc2O1. The second-order valence-corrected chi connectivity index (χ2v) is 4.65. The van der Waals surface area contributed by atoms with Crippen molar-refractivity contribution in [2.75, 3.05) is 32.1 Å². The Balaban J connectivity index is 2.29. The highest BCUT2D eigenvalue weighted by Crippen LogP contribution is 2.32. The molecule has 1 aliphatic heterocycles. The monoisotopic (exact) mass is 263 g/mol. The zero-order chi connectivity index (χ0) is 14.0. The molecule has 0 aliphatic carbocycles. The maximum absolute atomic E-state index is 12.0. The van der Waals surface area contributed by atoms with Crippen molar-refractivity contribution in [3.8, 4) is 5.75 Å². The number of rotatable bonds is 3. The average molecular weight is 263 g/mol. The number of benzene rings is 1. The molecule has 1 aromatic carbocycles. The normalized spacial score (nSPS) is 17.4. The van der Waals surface area contributed by atoms with Crippen molar-refractivity contribution in [2.45, 2.75) is 6.10 Å². The molecule has 0 fully saturated rings. The van der Waals surface area contributed by atoms with Gasteiger partial charge in [-0.1, -0.05) is 12.1 Å². The Morgan fingerprint density at radius 1 is 1.42 bits per heavy atom. The van der Waals surface area contributed by atoms with Gasteiger partial charge in [-0.05, 0) is 12.1 Å². The number of carbonyl (C=O) groups excluding carboxylic acids is 2. The number of anilines is 1. The summed E-state index contributed by atoms with van der Waals surface area (Å²) in [6.45, 7) is 0.383. The molecule has 1 aliphatic rings. The zero-order valence-corrected chi connectivity index (χ0v) is 11.0. The molecule has 2 N–H and O–H groups in total. The van der Waals surface area contributed by atoms with Crippen LogP contribution in [-0.4, -0.2) is 50.0 Å². The Morgan fingerprint density at radius 2 is 2.11 bits per heavy atom. The fraction of sp³-hybridized carbons (Fsp3) is 0.385. The Bertz CT molecular complexity index is 502. The van der Waals surface area contributed by atoms with Gasteiger partial charge in [0.25, 0.3) is 5.91 Å². The second-order valence-electron chi connectivity index (χ2n) is 4.65. The number of amides is 2. The summed E-state index contributed by atoms with van der Waals surface area (Å²) in [5.74, 6) is 0.0203. The fourth-order valence-electron chi connectivity index (χ4n) is 2.06. The summed E-state index contributed by atoms with van der Waals surface area (Å²) < 4.78 is 5.68. The lowest BCUT2D eigenvalue weighted by molar-refractivity contribution is -0.136. The van der Waals surface area contributed by atoms with E-state index in [1.165, 1.54) is 4.90 Å². The molecule has 1 atom stereocenters. The number of para-hydroxylation sites is 2. The molecule has 0 unspecified atom stereocenters. The predicted octanol–water partition coefficient (Wildman–Crippen LogP) is -0.172. The molecule has 0 saturated heterocycles. The summed E-state index contributed by atoms with van der Waals surface area (Å²) in [5, 5.41) is 0. The van der Waals surface area contributed by atoms with Crippen LogP contribution in [0.1, 0.15) is 0 Å². The highest BCUT2D eigenvalue weighted by molar-refractivity contribution is 5.85. The number of primary amides is 1. The van der Waals surface area contributed by atoms with Crippen molar-refractivity contribution in [3.63, 3.8) is 0 Å². The lowest BCUT2D eigenvalue weighted by Gasteiger charge is -2.35. The summed E-state index contributed by atoms with van der Waals surface area (Å²) in [6.07, 6.45) is -0.621. The summed E-state index contributed by atoms with van der Waals surface area (Å²) in [4.78, 5) is 26.4. The largest absolute Gasteiger partial charge is 0.477 e. The highest BCUT2D eigenvalue weighted by Gasteiger charge is 2.31. The third-order valence-corrected chi connectivity index (χ3v) is 2.92. The molecule has 1 heterocycles. The van der Waals surface area contributed by atoms with Crippen LogP contribution in [0.5, 0.6) is 5.75 Å². The fourth-order valence-corrected chi connectivity index (χ4v) is 2.06. The highest BCUT2D eigenvalue weighted by atomic mass is 16.5. The molecule has 0 saturated carbocycles. The first-order chi connectivity index (χ1) is 8.99. The van der Waals surface area contributed by atoms with Crippen molar-refractivity contribution in [1.29, 1.82) is 0 Å². The van der Waals surface area contributed by atoms with E-state index in [0.717, 1.165) is 5.69 Å². The van der Waals surface area contributed by atoms with Crippen LogP contribution in [0, 0.1) is 0 Å². The minimum absolute atomic E-state index is 0.0670. The van der Waals surface area contributed by atoms with E-state index < -0.39 is 12.0 Å². The molecule has 102 valence electrons. The number of fused-ring (bicyclic) bond motifs is 1. The number of carbonyl (C=O) groups is 2. The van der Waals surface area contributed by atoms with E-state index in [0.29, 0.717) is 12.3 Å². The van der Waals surface area contributed by atoms with Gasteiger partial charge in [0, 0.05) is 14.1 Å². The minimum Gasteiger partial charge on any atom is -0.477 e. The number of likely N-dealkylation sites (N-methyl/N-ethyl adjacent to an activating group) is 1. The minimum atomic E-state index is -0.621. The molecule has 1 aromatic rings. The molecular weight excluding hydrogens is 246 g/mol. The van der Waals surface area contributed by atoms with Crippen molar-refractivity contribution in [1.82, 2.24) is 4.90 Å². The van der Waals surface area contributed by atoms with Crippen LogP contribution in [0.2, 0.25) is 0 Å². The van der Waals surface area contributed by atoms with Gasteiger partial charge in [0.05, 0.1) is 18.8 Å². The average Bonchev–Trinajstić information content (AvgIpc) is 2.37. The van der Waals surface area contributed by atoms with Gasteiger partial charge in [0.15, 0.2) is 6.10 Å². The number of ether oxygens (including phenoxy) is 1. The van der Waals surface area contributed by atoms with Gasteiger partial charge < -0.3 is 20.3 Å². The molecule has 0 spiro atoms. The first-order valence-corrected chi connectivity index (χ1v) is 5.99. The quantitative estimate of drug-likeness (QED) is 0.821. The van der Waals surface area contributed by atoms with Gasteiger partial charge >= 0.3 is 0 Å². The van der Waals surface area contributed by atoms with E-state index in [2.05, 4.69) is 0 Å². The third kappa shape index (κ3) is 2.78. The van der Waals surface area contributed by atoms with E-state index in [9.17, 15) is 9.59 Å². The topological polar surface area (TPSA) is 75.9 Å². The lowest BCUT2D eigenvalue weighted by Crippen LogP contribution is -2.50. The standard InChI is InChI=1S/C13H17N3O3/c1-15(2)13(18)11-7-16(8-12(14)17)9-5-3-4-6-10(9)19-11/h3-6,11H,7-8H2,1-2H3,(H2,14,17)/t11-/m0/s1. The lowest BCUT2D eigenvalue weighted by atomic mass is 10.1. The smallest absolute Gasteiger partial charge is 0.265 e. The van der Waals surface area contributed by atoms with E-state index >= 15 is 0 Å². The maximum atomic E-state index is 12.0. The van der Waals surface area contributed by atoms with Gasteiger partial charge in [-0.2, -0.15) is 0 Å². The van der Waals surface area contributed by atoms with E-state index in [-0.39, 0.29) is 12.5 Å². The van der Waals surface area contributed by atoms with Crippen LogP contribution >= 0.6 is 0 Å². The van der Waals surface area contributed by atoms with Crippen molar-refractivity contribution in [2.24, 2.45) is 5.73 Å². The first kappa shape index (κ1) is 13.2. The Hall–Kier alpha value is -2.24. The molecule has 0 aromatic heterocycles. The van der Waals surface area contributed by atoms with Crippen LogP contribution < -0.4 is 15.4 Å². The molecule has 19 heavy (non-hydrogen) atoms. The van der Waals surface area contributed by atoms with Crippen LogP contribution in [0.4, 0.5) is 5.69 Å². The van der Waals surface area contributed by atoms with Crippen LogP contribution in [0.15, 0.2) is 24.3 Å². The molecule has 6 nitrogen and oxygen atoms in total. The van der Waals surface area contributed by atoms with Crippen molar-refractivity contribution >= 4 is 17.5 Å². The zero-order valence-electron chi connectivity index (χ0n) is 11.0. The van der Waals surface area contributed by atoms with E-state index in [4.69, 9.17) is 10.5 Å². The first-order valence-electron chi connectivity index (χ1n) is 5.99. The van der Waals surface area contributed by atoms with Gasteiger partial charge in [-0.25, -0.2) is 0 Å². The second kappa shape index (κ2) is 5.17. The van der Waals surface area contributed by atoms with E-state index in [1.807, 2.05) is 18.2 Å². The maximum Gasteiger partial charge on any atom is 0.265 e. The molecule has 2 rings (SSSR count). The molecule has 2 amide bonds. The number of hydrogen-bond acceptors (Lipinski definition) is 4. The third-order valence-electron chi connectivity index (χ3n) is 2.92. The Labute approximate surface area is 111 Å². The van der Waals surface area contributed by atoms with E-state index in [1.54, 1.807) is 25.1 Å². The molecule has 0 radical (unpaired) electrons. The number of hydrogen-bond donors (Lipinski definition) is 1. The van der Waals surface area contributed by atoms with Gasteiger partial charge in [-0.3, -0.25) is 9.59 Å². The summed E-state index contributed by atoms with van der Waals surface area (Å²) in [5.41, 5.74) is 6.03. The molecule has 6 heteroatoms. The summed E-state index contributed by atoms with van der Waals surface area (Å²) in [6, 6.07) is 7.29. The molecule has 0 bridgehead atoms. The predicted molar refractivity (Wildman–Crippen MR) is 71.0 cm³/mol. The Kier molecular flexibility index (Phi) is 3.59.